The smallest absolute Gasteiger partial charge is 0.337 e. The van der Waals surface area contributed by atoms with Gasteiger partial charge in [0.05, 0.1) is 24.0 Å². The van der Waals surface area contributed by atoms with E-state index >= 15 is 0 Å². The number of esters is 1. The molecule has 2 aromatic rings. The zero-order valence-electron chi connectivity index (χ0n) is 16.6. The van der Waals surface area contributed by atoms with Crippen LogP contribution in [-0.4, -0.2) is 25.5 Å². The molecule has 1 atom stereocenters. The molecule has 4 rings (SSSR count). The van der Waals surface area contributed by atoms with E-state index in [9.17, 15) is 9.59 Å². The van der Waals surface area contributed by atoms with E-state index in [1.54, 1.807) is 12.1 Å². The highest BCUT2D eigenvalue weighted by atomic mass is 16.5. The third kappa shape index (κ3) is 2.68. The number of carbonyl (C=O) groups is 2. The van der Waals surface area contributed by atoms with Crippen LogP contribution in [0.2, 0.25) is 0 Å². The maximum absolute atomic E-state index is 13.0. The molecule has 0 bridgehead atoms. The topological polar surface area (TPSA) is 49.9 Å². The number of ether oxygens (including phenoxy) is 1. The van der Waals surface area contributed by atoms with E-state index in [0.29, 0.717) is 17.9 Å². The molecule has 0 aromatic heterocycles. The van der Waals surface area contributed by atoms with E-state index in [1.165, 1.54) is 7.11 Å². The lowest BCUT2D eigenvalue weighted by molar-refractivity contribution is -0.117. The molecule has 28 heavy (non-hydrogen) atoms. The van der Waals surface area contributed by atoms with Gasteiger partial charge in [-0.1, -0.05) is 44.2 Å². The number of anilines is 2. The van der Waals surface area contributed by atoms with Crippen LogP contribution in [0.15, 0.2) is 48.5 Å². The van der Waals surface area contributed by atoms with Gasteiger partial charge in [-0.15, -0.1) is 0 Å². The molecule has 2 aliphatic rings. The fourth-order valence-electron chi connectivity index (χ4n) is 4.50. The molecule has 1 fully saturated rings. The van der Waals surface area contributed by atoms with Crippen molar-refractivity contribution in [1.82, 2.24) is 0 Å². The molecular formula is C23H26N2O3. The molecule has 0 spiro atoms. The van der Waals surface area contributed by atoms with Gasteiger partial charge < -0.3 is 9.64 Å². The van der Waals surface area contributed by atoms with Gasteiger partial charge >= 0.3 is 5.97 Å². The van der Waals surface area contributed by atoms with E-state index in [-0.39, 0.29) is 11.9 Å². The number of hydrogen-bond acceptors (Lipinski definition) is 4. The largest absolute Gasteiger partial charge is 0.465 e. The average Bonchev–Trinajstić information content (AvgIpc) is 3.19. The van der Waals surface area contributed by atoms with Gasteiger partial charge in [0.1, 0.15) is 5.66 Å². The van der Waals surface area contributed by atoms with Gasteiger partial charge in [-0.05, 0) is 36.1 Å². The second-order valence-corrected chi connectivity index (χ2v) is 7.94. The van der Waals surface area contributed by atoms with Gasteiger partial charge in [0, 0.05) is 19.4 Å². The number of benzene rings is 2. The molecule has 146 valence electrons. The van der Waals surface area contributed by atoms with Crippen molar-refractivity contribution < 1.29 is 14.3 Å². The number of fused-ring (bicyclic) bond motifs is 3. The molecule has 2 aliphatic heterocycles. The number of carbonyl (C=O) groups excluding carboxylic acids is 2. The molecule has 5 nitrogen and oxygen atoms in total. The van der Waals surface area contributed by atoms with Crippen LogP contribution in [0.5, 0.6) is 0 Å². The quantitative estimate of drug-likeness (QED) is 0.727. The zero-order valence-corrected chi connectivity index (χ0v) is 16.6. The summed E-state index contributed by atoms with van der Waals surface area (Å²) in [7, 11) is 1.37. The van der Waals surface area contributed by atoms with E-state index in [2.05, 4.69) is 30.9 Å². The monoisotopic (exact) mass is 378 g/mol. The molecule has 0 saturated carbocycles. The van der Waals surface area contributed by atoms with Crippen molar-refractivity contribution in [2.45, 2.75) is 38.8 Å². The van der Waals surface area contributed by atoms with Crippen LogP contribution < -0.4 is 9.80 Å². The van der Waals surface area contributed by atoms with Crippen molar-refractivity contribution in [3.63, 3.8) is 0 Å². The van der Waals surface area contributed by atoms with Crippen LogP contribution in [0, 0.1) is 5.92 Å². The van der Waals surface area contributed by atoms with Crippen LogP contribution in [0.4, 0.5) is 11.4 Å². The summed E-state index contributed by atoms with van der Waals surface area (Å²) in [4.78, 5) is 29.4. The molecule has 0 aliphatic carbocycles. The molecular weight excluding hydrogens is 352 g/mol. The predicted octanol–water partition coefficient (Wildman–Crippen LogP) is 4.32. The number of rotatable bonds is 5. The van der Waals surface area contributed by atoms with E-state index in [0.717, 1.165) is 36.3 Å². The molecule has 1 amide bonds. The Labute approximate surface area is 165 Å². The summed E-state index contributed by atoms with van der Waals surface area (Å²) in [5.41, 5.74) is 2.86. The summed E-state index contributed by atoms with van der Waals surface area (Å²) < 4.78 is 4.89. The van der Waals surface area contributed by atoms with Gasteiger partial charge in [0.25, 0.3) is 0 Å². The van der Waals surface area contributed by atoms with E-state index in [4.69, 9.17) is 4.74 Å². The molecule has 2 aromatic carbocycles. The van der Waals surface area contributed by atoms with Crippen molar-refractivity contribution >= 4 is 23.3 Å². The Morgan fingerprint density at radius 1 is 1.14 bits per heavy atom. The second-order valence-electron chi connectivity index (χ2n) is 7.94. The lowest BCUT2D eigenvalue weighted by Gasteiger charge is -2.41. The SMILES string of the molecule is COC(=O)c1ccc2c(c1)N1C(=O)CCC1(c1ccccc1)N2CCC(C)C. The highest BCUT2D eigenvalue weighted by Crippen LogP contribution is 2.56. The van der Waals surface area contributed by atoms with Gasteiger partial charge in [-0.3, -0.25) is 9.69 Å². The predicted molar refractivity (Wildman–Crippen MR) is 109 cm³/mol. The highest BCUT2D eigenvalue weighted by molar-refractivity contribution is 6.06. The van der Waals surface area contributed by atoms with Crippen molar-refractivity contribution in [1.29, 1.82) is 0 Å². The number of hydrogen-bond donors (Lipinski definition) is 0. The van der Waals surface area contributed by atoms with Crippen LogP contribution in [0.3, 0.4) is 0 Å². The summed E-state index contributed by atoms with van der Waals surface area (Å²) in [6.45, 7) is 5.27. The van der Waals surface area contributed by atoms with E-state index in [1.807, 2.05) is 29.2 Å². The van der Waals surface area contributed by atoms with Crippen molar-refractivity contribution in [2.75, 3.05) is 23.5 Å². The number of methoxy groups -OCH3 is 1. The van der Waals surface area contributed by atoms with Crippen LogP contribution in [0.25, 0.3) is 0 Å². The Morgan fingerprint density at radius 2 is 1.89 bits per heavy atom. The Kier molecular flexibility index (Phi) is 4.61. The van der Waals surface area contributed by atoms with Gasteiger partial charge in [0.2, 0.25) is 5.91 Å². The minimum absolute atomic E-state index is 0.0964. The Balaban J connectivity index is 1.90. The Bertz CT molecular complexity index is 909. The summed E-state index contributed by atoms with van der Waals surface area (Å²) in [6.07, 6.45) is 2.25. The van der Waals surface area contributed by atoms with Gasteiger partial charge in [0.15, 0.2) is 0 Å². The molecule has 2 heterocycles. The third-order valence-electron chi connectivity index (χ3n) is 5.85. The summed E-state index contributed by atoms with van der Waals surface area (Å²) >= 11 is 0. The third-order valence-corrected chi connectivity index (χ3v) is 5.85. The average molecular weight is 378 g/mol. The van der Waals surface area contributed by atoms with Crippen LogP contribution >= 0.6 is 0 Å². The zero-order chi connectivity index (χ0) is 19.9. The van der Waals surface area contributed by atoms with Crippen molar-refractivity contribution in [2.24, 2.45) is 5.92 Å². The first-order valence-corrected chi connectivity index (χ1v) is 9.87. The van der Waals surface area contributed by atoms with E-state index < -0.39 is 5.66 Å². The summed E-state index contributed by atoms with van der Waals surface area (Å²) in [5.74, 6) is 0.260. The fourth-order valence-corrected chi connectivity index (χ4v) is 4.50. The first kappa shape index (κ1) is 18.5. The minimum Gasteiger partial charge on any atom is -0.465 e. The fraction of sp³-hybridized carbons (Fsp3) is 0.391. The molecule has 5 heteroatoms. The van der Waals surface area contributed by atoms with Gasteiger partial charge in [-0.25, -0.2) is 4.79 Å². The van der Waals surface area contributed by atoms with Gasteiger partial charge in [-0.2, -0.15) is 0 Å². The lowest BCUT2D eigenvalue weighted by atomic mass is 9.94. The van der Waals surface area contributed by atoms with Crippen molar-refractivity contribution in [3.05, 3.63) is 59.7 Å². The molecule has 1 unspecified atom stereocenters. The highest BCUT2D eigenvalue weighted by Gasteiger charge is 2.57. The van der Waals surface area contributed by atoms with Crippen molar-refractivity contribution in [3.8, 4) is 0 Å². The maximum Gasteiger partial charge on any atom is 0.337 e. The Hall–Kier alpha value is -2.82. The normalized spacial score (nSPS) is 20.5. The summed E-state index contributed by atoms with van der Waals surface area (Å²) in [5, 5.41) is 0. The first-order valence-electron chi connectivity index (χ1n) is 9.87. The second kappa shape index (κ2) is 6.97. The molecule has 1 saturated heterocycles. The number of amides is 1. The number of nitrogens with zero attached hydrogens (tertiary/aromatic N) is 2. The standard InChI is InChI=1S/C23H26N2O3/c1-16(2)12-14-24-19-10-9-17(22(27)28-3)15-20(19)25-21(26)11-13-23(24,25)18-7-5-4-6-8-18/h4-10,15-16H,11-14H2,1-3H3. The molecule has 0 radical (unpaired) electrons. The maximum atomic E-state index is 13.0. The van der Waals surface area contributed by atoms with Crippen LogP contribution in [-0.2, 0) is 15.2 Å². The van der Waals surface area contributed by atoms with Crippen LogP contribution in [0.1, 0.15) is 49.0 Å². The first-order chi connectivity index (χ1) is 13.5. The Morgan fingerprint density at radius 3 is 2.57 bits per heavy atom. The molecule has 0 N–H and O–H groups in total. The minimum atomic E-state index is -0.524. The lowest BCUT2D eigenvalue weighted by Crippen LogP contribution is -2.52. The summed E-state index contributed by atoms with van der Waals surface area (Å²) in [6, 6.07) is 15.8.